The molecule has 0 saturated heterocycles. The molecular formula is C10H7ClF3N3. The number of benzene rings is 1. The van der Waals surface area contributed by atoms with Crippen LogP contribution in [0.15, 0.2) is 30.3 Å². The molecule has 0 unspecified atom stereocenters. The van der Waals surface area contributed by atoms with Gasteiger partial charge in [-0.05, 0) is 12.1 Å². The second-order valence-electron chi connectivity index (χ2n) is 3.32. The fourth-order valence-electron chi connectivity index (χ4n) is 1.41. The number of hydrogen-bond donors (Lipinski definition) is 1. The van der Waals surface area contributed by atoms with Crippen molar-refractivity contribution in [3.63, 3.8) is 0 Å². The number of nitrogen functional groups attached to an aromatic ring is 1. The molecule has 90 valence electrons. The summed E-state index contributed by atoms with van der Waals surface area (Å²) in [6, 6.07) is 6.87. The van der Waals surface area contributed by atoms with Gasteiger partial charge < -0.3 is 5.73 Å². The third-order valence-electron chi connectivity index (χ3n) is 2.10. The molecule has 0 atom stereocenters. The lowest BCUT2D eigenvalue weighted by atomic mass is 10.3. The highest BCUT2D eigenvalue weighted by Crippen LogP contribution is 2.33. The molecule has 17 heavy (non-hydrogen) atoms. The Bertz CT molecular complexity index is 548. The average molecular weight is 262 g/mol. The zero-order valence-corrected chi connectivity index (χ0v) is 9.13. The average Bonchev–Trinajstić information content (AvgIpc) is 2.60. The van der Waals surface area contributed by atoms with E-state index in [0.29, 0.717) is 4.68 Å². The Morgan fingerprint density at radius 1 is 1.24 bits per heavy atom. The number of aromatic nitrogens is 2. The van der Waals surface area contributed by atoms with Gasteiger partial charge in [-0.25, -0.2) is 4.68 Å². The quantitative estimate of drug-likeness (QED) is 0.857. The van der Waals surface area contributed by atoms with Gasteiger partial charge in [0.2, 0.25) is 0 Å². The van der Waals surface area contributed by atoms with Crippen molar-refractivity contribution < 1.29 is 13.2 Å². The van der Waals surface area contributed by atoms with Gasteiger partial charge in [-0.3, -0.25) is 0 Å². The van der Waals surface area contributed by atoms with E-state index in [4.69, 9.17) is 17.3 Å². The van der Waals surface area contributed by atoms with E-state index in [1.165, 1.54) is 12.1 Å². The van der Waals surface area contributed by atoms with E-state index in [-0.39, 0.29) is 16.5 Å². The first-order chi connectivity index (χ1) is 7.89. The van der Waals surface area contributed by atoms with Gasteiger partial charge in [0.25, 0.3) is 0 Å². The summed E-state index contributed by atoms with van der Waals surface area (Å²) in [6.07, 6.45) is -4.54. The molecule has 0 fully saturated rings. The predicted molar refractivity (Wildman–Crippen MR) is 58.0 cm³/mol. The number of alkyl halides is 3. The van der Waals surface area contributed by atoms with Crippen LogP contribution in [-0.4, -0.2) is 9.78 Å². The van der Waals surface area contributed by atoms with Gasteiger partial charge in [0, 0.05) is 6.07 Å². The number of anilines is 1. The number of nitrogens with two attached hydrogens (primary N) is 1. The topological polar surface area (TPSA) is 43.8 Å². The number of hydrogen-bond acceptors (Lipinski definition) is 2. The van der Waals surface area contributed by atoms with Crippen molar-refractivity contribution in [2.45, 2.75) is 6.18 Å². The van der Waals surface area contributed by atoms with Gasteiger partial charge in [0.15, 0.2) is 5.69 Å². The normalized spacial score (nSPS) is 11.8. The van der Waals surface area contributed by atoms with Crippen LogP contribution in [-0.2, 0) is 6.18 Å². The Labute approximate surface area is 99.6 Å². The minimum atomic E-state index is -4.54. The van der Waals surface area contributed by atoms with Crippen LogP contribution in [0, 0.1) is 0 Å². The van der Waals surface area contributed by atoms with Crippen LogP contribution in [0.4, 0.5) is 19.0 Å². The summed E-state index contributed by atoms with van der Waals surface area (Å²) in [5.74, 6) is -0.211. The highest BCUT2D eigenvalue weighted by Gasteiger charge is 2.36. The molecule has 3 nitrogen and oxygen atoms in total. The van der Waals surface area contributed by atoms with Crippen molar-refractivity contribution in [2.75, 3.05) is 5.73 Å². The molecule has 2 aromatic rings. The first kappa shape index (κ1) is 11.8. The fourth-order valence-corrected chi connectivity index (χ4v) is 1.62. The van der Waals surface area contributed by atoms with Crippen molar-refractivity contribution in [3.8, 4) is 5.69 Å². The standard InChI is InChI=1S/C10H7ClF3N3/c11-6-3-1-2-4-7(6)17-8(10(12,13)14)5-9(15)16-17/h1-5H,(H2,15,16). The van der Waals surface area contributed by atoms with Crippen LogP contribution in [0.25, 0.3) is 5.69 Å². The maximum Gasteiger partial charge on any atom is 0.433 e. The lowest BCUT2D eigenvalue weighted by Gasteiger charge is -2.10. The van der Waals surface area contributed by atoms with E-state index < -0.39 is 11.9 Å². The first-order valence-electron chi connectivity index (χ1n) is 4.57. The number of halogens is 4. The molecule has 0 amide bonds. The smallest absolute Gasteiger partial charge is 0.382 e. The van der Waals surface area contributed by atoms with E-state index in [1.807, 2.05) is 0 Å². The second kappa shape index (κ2) is 3.96. The van der Waals surface area contributed by atoms with Crippen molar-refractivity contribution in [1.29, 1.82) is 0 Å². The summed E-state index contributed by atoms with van der Waals surface area (Å²) in [6.45, 7) is 0. The summed E-state index contributed by atoms with van der Waals surface area (Å²) < 4.78 is 38.9. The Balaban J connectivity index is 2.64. The van der Waals surface area contributed by atoms with Gasteiger partial charge in [-0.15, -0.1) is 0 Å². The van der Waals surface area contributed by atoms with E-state index in [9.17, 15) is 13.2 Å². The van der Waals surface area contributed by atoms with E-state index in [2.05, 4.69) is 5.10 Å². The molecule has 2 N–H and O–H groups in total. The third-order valence-corrected chi connectivity index (χ3v) is 2.42. The van der Waals surface area contributed by atoms with Crippen molar-refractivity contribution >= 4 is 17.4 Å². The highest BCUT2D eigenvalue weighted by atomic mass is 35.5. The van der Waals surface area contributed by atoms with Gasteiger partial charge in [0.1, 0.15) is 5.82 Å². The molecule has 0 saturated carbocycles. The van der Waals surface area contributed by atoms with Gasteiger partial charge >= 0.3 is 6.18 Å². The molecular weight excluding hydrogens is 255 g/mol. The summed E-state index contributed by atoms with van der Waals surface area (Å²) in [4.78, 5) is 0. The van der Waals surface area contributed by atoms with Gasteiger partial charge in [-0.2, -0.15) is 18.3 Å². The predicted octanol–water partition coefficient (Wildman–Crippen LogP) is 3.13. The fraction of sp³-hybridized carbons (Fsp3) is 0.100. The van der Waals surface area contributed by atoms with Crippen molar-refractivity contribution in [1.82, 2.24) is 9.78 Å². The maximum atomic E-state index is 12.7. The maximum absolute atomic E-state index is 12.7. The molecule has 1 aromatic carbocycles. The minimum Gasteiger partial charge on any atom is -0.382 e. The SMILES string of the molecule is Nc1cc(C(F)(F)F)n(-c2ccccc2Cl)n1. The number of rotatable bonds is 1. The molecule has 0 aliphatic carbocycles. The molecule has 1 aromatic heterocycles. The Morgan fingerprint density at radius 3 is 2.47 bits per heavy atom. The molecule has 0 spiro atoms. The highest BCUT2D eigenvalue weighted by molar-refractivity contribution is 6.32. The van der Waals surface area contributed by atoms with E-state index in [1.54, 1.807) is 12.1 Å². The lowest BCUT2D eigenvalue weighted by molar-refractivity contribution is -0.142. The summed E-state index contributed by atoms with van der Waals surface area (Å²) in [5.41, 5.74) is 4.47. The Hall–Kier alpha value is -1.69. The summed E-state index contributed by atoms with van der Waals surface area (Å²) in [7, 11) is 0. The van der Waals surface area contributed by atoms with Crippen LogP contribution in [0.1, 0.15) is 5.69 Å². The molecule has 7 heteroatoms. The largest absolute Gasteiger partial charge is 0.433 e. The molecule has 0 bridgehead atoms. The van der Waals surface area contributed by atoms with Crippen LogP contribution in [0.5, 0.6) is 0 Å². The van der Waals surface area contributed by atoms with Crippen molar-refractivity contribution in [3.05, 3.63) is 41.0 Å². The van der Waals surface area contributed by atoms with Gasteiger partial charge in [-0.1, -0.05) is 23.7 Å². The molecule has 0 radical (unpaired) electrons. The van der Waals surface area contributed by atoms with E-state index in [0.717, 1.165) is 6.07 Å². The van der Waals surface area contributed by atoms with Crippen LogP contribution in [0.3, 0.4) is 0 Å². The van der Waals surface area contributed by atoms with Crippen LogP contribution >= 0.6 is 11.6 Å². The van der Waals surface area contributed by atoms with Crippen LogP contribution < -0.4 is 5.73 Å². The second-order valence-corrected chi connectivity index (χ2v) is 3.72. The molecule has 0 aliphatic rings. The Morgan fingerprint density at radius 2 is 1.88 bits per heavy atom. The van der Waals surface area contributed by atoms with Crippen LogP contribution in [0.2, 0.25) is 5.02 Å². The lowest BCUT2D eigenvalue weighted by Crippen LogP contribution is -2.13. The molecule has 2 rings (SSSR count). The molecule has 0 aliphatic heterocycles. The zero-order chi connectivity index (χ0) is 12.6. The monoisotopic (exact) mass is 261 g/mol. The number of para-hydroxylation sites is 1. The zero-order valence-electron chi connectivity index (χ0n) is 8.37. The van der Waals surface area contributed by atoms with E-state index >= 15 is 0 Å². The summed E-state index contributed by atoms with van der Waals surface area (Å²) in [5, 5.41) is 3.77. The number of nitrogens with zero attached hydrogens (tertiary/aromatic N) is 2. The molecule has 1 heterocycles. The third kappa shape index (κ3) is 2.21. The Kier molecular flexibility index (Phi) is 2.74. The van der Waals surface area contributed by atoms with Gasteiger partial charge in [0.05, 0.1) is 10.7 Å². The minimum absolute atomic E-state index is 0.137. The van der Waals surface area contributed by atoms with Crippen molar-refractivity contribution in [2.24, 2.45) is 0 Å². The summed E-state index contributed by atoms with van der Waals surface area (Å²) >= 11 is 5.82. The first-order valence-corrected chi connectivity index (χ1v) is 4.95.